The van der Waals surface area contributed by atoms with Gasteiger partial charge in [0, 0.05) is 18.0 Å². The standard InChI is InChI=1S/C18H17N3O3S2/c22-17(23)13-9-11-1-7-24-18(14(11)26-13)3-5-21(6-4-18)15-12-2-8-25-16(12)20-10-19-15/h2,8-10H,1,3-7H2,(H,22,23). The molecule has 3 aromatic heterocycles. The molecule has 0 atom stereocenters. The molecule has 1 spiro atoms. The normalized spacial score (nSPS) is 19.0. The van der Waals surface area contributed by atoms with Crippen LogP contribution in [0.1, 0.15) is 33.0 Å². The van der Waals surface area contributed by atoms with Crippen LogP contribution in [0.5, 0.6) is 0 Å². The van der Waals surface area contributed by atoms with E-state index in [0.29, 0.717) is 11.5 Å². The lowest BCUT2D eigenvalue weighted by atomic mass is 9.85. The summed E-state index contributed by atoms with van der Waals surface area (Å²) in [5.41, 5.74) is 0.804. The molecular formula is C18H17N3O3S2. The highest BCUT2D eigenvalue weighted by molar-refractivity contribution is 7.16. The number of piperidine rings is 1. The van der Waals surface area contributed by atoms with Crippen molar-refractivity contribution in [3.05, 3.63) is 39.2 Å². The second-order valence-corrected chi connectivity index (χ2v) is 8.63. The van der Waals surface area contributed by atoms with Gasteiger partial charge in [-0.3, -0.25) is 0 Å². The summed E-state index contributed by atoms with van der Waals surface area (Å²) in [5.74, 6) is 0.136. The minimum Gasteiger partial charge on any atom is -0.477 e. The van der Waals surface area contributed by atoms with Crippen molar-refractivity contribution in [3.8, 4) is 0 Å². The highest BCUT2D eigenvalue weighted by Crippen LogP contribution is 2.46. The number of aromatic carboxylic acids is 1. The summed E-state index contributed by atoms with van der Waals surface area (Å²) in [4.78, 5) is 25.1. The van der Waals surface area contributed by atoms with Crippen LogP contribution in [0.25, 0.3) is 10.2 Å². The molecule has 1 N–H and O–H groups in total. The van der Waals surface area contributed by atoms with Gasteiger partial charge in [0.05, 0.1) is 12.0 Å². The summed E-state index contributed by atoms with van der Waals surface area (Å²) in [6, 6.07) is 3.91. The third-order valence-electron chi connectivity index (χ3n) is 5.29. The number of hydrogen-bond donors (Lipinski definition) is 1. The Morgan fingerprint density at radius 3 is 2.96 bits per heavy atom. The Bertz CT molecular complexity index is 989. The van der Waals surface area contributed by atoms with Gasteiger partial charge in [-0.25, -0.2) is 14.8 Å². The number of carboxylic acids is 1. The fourth-order valence-corrected chi connectivity index (χ4v) is 5.98. The molecule has 26 heavy (non-hydrogen) atoms. The third-order valence-corrected chi connectivity index (χ3v) is 7.47. The topological polar surface area (TPSA) is 75.5 Å². The van der Waals surface area contributed by atoms with Crippen molar-refractivity contribution in [2.45, 2.75) is 24.9 Å². The number of hydrogen-bond acceptors (Lipinski definition) is 7. The first-order chi connectivity index (χ1) is 12.7. The summed E-state index contributed by atoms with van der Waals surface area (Å²) in [6.07, 6.45) is 4.11. The monoisotopic (exact) mass is 387 g/mol. The number of thiophene rings is 2. The number of aromatic nitrogens is 2. The van der Waals surface area contributed by atoms with E-state index in [1.807, 2.05) is 11.4 Å². The van der Waals surface area contributed by atoms with Crippen molar-refractivity contribution < 1.29 is 14.6 Å². The van der Waals surface area contributed by atoms with E-state index in [9.17, 15) is 9.90 Å². The first-order valence-corrected chi connectivity index (χ1v) is 10.3. The van der Waals surface area contributed by atoms with Gasteiger partial charge >= 0.3 is 5.97 Å². The van der Waals surface area contributed by atoms with E-state index in [4.69, 9.17) is 4.74 Å². The zero-order valence-corrected chi connectivity index (χ0v) is 15.6. The number of anilines is 1. The van der Waals surface area contributed by atoms with Crippen LogP contribution in [0.3, 0.4) is 0 Å². The predicted octanol–water partition coefficient (Wildman–Crippen LogP) is 3.52. The molecule has 0 aliphatic carbocycles. The van der Waals surface area contributed by atoms with E-state index in [1.54, 1.807) is 17.7 Å². The maximum absolute atomic E-state index is 11.4. The fraction of sp³-hybridized carbons (Fsp3) is 0.389. The molecule has 1 fully saturated rings. The molecule has 8 heteroatoms. The Hall–Kier alpha value is -2.03. The molecule has 6 nitrogen and oxygen atoms in total. The second-order valence-electron chi connectivity index (χ2n) is 6.69. The zero-order chi connectivity index (χ0) is 17.7. The minimum absolute atomic E-state index is 0.344. The van der Waals surface area contributed by atoms with Gasteiger partial charge < -0.3 is 14.7 Å². The van der Waals surface area contributed by atoms with Crippen LogP contribution >= 0.6 is 22.7 Å². The molecule has 2 aliphatic heterocycles. The van der Waals surface area contributed by atoms with Gasteiger partial charge in [-0.1, -0.05) is 0 Å². The van der Waals surface area contributed by atoms with E-state index in [1.165, 1.54) is 11.3 Å². The van der Waals surface area contributed by atoms with Gasteiger partial charge in [0.1, 0.15) is 27.5 Å². The van der Waals surface area contributed by atoms with Gasteiger partial charge in [0.15, 0.2) is 0 Å². The van der Waals surface area contributed by atoms with Crippen LogP contribution in [0.15, 0.2) is 23.8 Å². The highest BCUT2D eigenvalue weighted by Gasteiger charge is 2.43. The lowest BCUT2D eigenvalue weighted by Gasteiger charge is -2.44. The van der Waals surface area contributed by atoms with Crippen molar-refractivity contribution in [1.29, 1.82) is 0 Å². The van der Waals surface area contributed by atoms with Crippen molar-refractivity contribution in [3.63, 3.8) is 0 Å². The molecule has 2 aliphatic rings. The molecule has 5 rings (SSSR count). The van der Waals surface area contributed by atoms with Crippen LogP contribution in [-0.2, 0) is 16.8 Å². The van der Waals surface area contributed by atoms with Crippen LogP contribution in [0, 0.1) is 0 Å². The van der Waals surface area contributed by atoms with E-state index in [2.05, 4.69) is 20.9 Å². The summed E-state index contributed by atoms with van der Waals surface area (Å²) in [6.45, 7) is 2.33. The Kier molecular flexibility index (Phi) is 3.73. The SMILES string of the molecule is O=C(O)c1cc2c(s1)C1(CCN(c3ncnc4sccc34)CC1)OCC2. The second kappa shape index (κ2) is 6.00. The van der Waals surface area contributed by atoms with Crippen molar-refractivity contribution in [2.75, 3.05) is 24.6 Å². The highest BCUT2D eigenvalue weighted by atomic mass is 32.1. The largest absolute Gasteiger partial charge is 0.477 e. The first kappa shape index (κ1) is 16.2. The predicted molar refractivity (Wildman–Crippen MR) is 101 cm³/mol. The Labute approximate surface area is 158 Å². The van der Waals surface area contributed by atoms with E-state index in [-0.39, 0.29) is 5.60 Å². The van der Waals surface area contributed by atoms with Gasteiger partial charge in [-0.05, 0) is 42.3 Å². The van der Waals surface area contributed by atoms with Crippen LogP contribution in [0.2, 0.25) is 0 Å². The molecule has 0 aromatic carbocycles. The lowest BCUT2D eigenvalue weighted by molar-refractivity contribution is -0.0735. The van der Waals surface area contributed by atoms with Crippen LogP contribution in [-0.4, -0.2) is 40.7 Å². The number of nitrogens with zero attached hydrogens (tertiary/aromatic N) is 3. The maximum atomic E-state index is 11.4. The van der Waals surface area contributed by atoms with Gasteiger partial charge in [0.2, 0.25) is 0 Å². The fourth-order valence-electron chi connectivity index (χ4n) is 4.01. The summed E-state index contributed by atoms with van der Waals surface area (Å²) in [5, 5.41) is 12.5. The van der Waals surface area contributed by atoms with Gasteiger partial charge in [-0.15, -0.1) is 22.7 Å². The number of fused-ring (bicyclic) bond motifs is 3. The molecule has 5 heterocycles. The smallest absolute Gasteiger partial charge is 0.345 e. The lowest BCUT2D eigenvalue weighted by Crippen LogP contribution is -2.46. The van der Waals surface area contributed by atoms with Crippen molar-refractivity contribution >= 4 is 44.7 Å². The van der Waals surface area contributed by atoms with Crippen molar-refractivity contribution in [2.24, 2.45) is 0 Å². The van der Waals surface area contributed by atoms with Crippen LogP contribution < -0.4 is 4.90 Å². The summed E-state index contributed by atoms with van der Waals surface area (Å²) >= 11 is 3.01. The number of carboxylic acid groups (broad SMARTS) is 1. The van der Waals surface area contributed by atoms with E-state index >= 15 is 0 Å². The minimum atomic E-state index is -0.849. The third kappa shape index (κ3) is 2.44. The zero-order valence-electron chi connectivity index (χ0n) is 14.0. The number of ether oxygens (including phenoxy) is 1. The molecule has 0 saturated carbocycles. The molecule has 1 saturated heterocycles. The first-order valence-electron chi connectivity index (χ1n) is 8.60. The van der Waals surface area contributed by atoms with E-state index < -0.39 is 5.97 Å². The summed E-state index contributed by atoms with van der Waals surface area (Å²) in [7, 11) is 0. The van der Waals surface area contributed by atoms with Crippen molar-refractivity contribution in [1.82, 2.24) is 9.97 Å². The molecular weight excluding hydrogens is 370 g/mol. The average molecular weight is 387 g/mol. The number of rotatable bonds is 2. The quantitative estimate of drug-likeness (QED) is 0.725. The Morgan fingerprint density at radius 2 is 2.15 bits per heavy atom. The molecule has 134 valence electrons. The molecule has 0 amide bonds. The molecule has 0 bridgehead atoms. The molecule has 3 aromatic rings. The van der Waals surface area contributed by atoms with Gasteiger partial charge in [0.25, 0.3) is 0 Å². The Morgan fingerprint density at radius 1 is 1.31 bits per heavy atom. The van der Waals surface area contributed by atoms with E-state index in [0.717, 1.165) is 58.8 Å². The molecule has 0 unspecified atom stereocenters. The average Bonchev–Trinajstić information content (AvgIpc) is 3.30. The molecule has 0 radical (unpaired) electrons. The number of carbonyl (C=O) groups is 1. The Balaban J connectivity index is 1.44. The van der Waals surface area contributed by atoms with Crippen LogP contribution in [0.4, 0.5) is 5.82 Å². The maximum Gasteiger partial charge on any atom is 0.345 e. The van der Waals surface area contributed by atoms with Gasteiger partial charge in [-0.2, -0.15) is 0 Å². The summed E-state index contributed by atoms with van der Waals surface area (Å²) < 4.78 is 6.24.